The van der Waals surface area contributed by atoms with Gasteiger partial charge in [0.15, 0.2) is 0 Å². The van der Waals surface area contributed by atoms with Gasteiger partial charge >= 0.3 is 12.1 Å². The molecule has 4 nitrogen and oxygen atoms in total. The summed E-state index contributed by atoms with van der Waals surface area (Å²) in [7, 11) is 0. The van der Waals surface area contributed by atoms with Crippen molar-refractivity contribution in [2.45, 2.75) is 12.6 Å². The lowest BCUT2D eigenvalue weighted by Crippen LogP contribution is -2.09. The molecule has 1 aromatic carbocycles. The van der Waals surface area contributed by atoms with E-state index in [1.54, 1.807) is 30.3 Å². The van der Waals surface area contributed by atoms with Crippen LogP contribution in [0.5, 0.6) is 0 Å². The number of benzene rings is 1. The third-order valence-corrected chi connectivity index (χ3v) is 3.41. The number of alkyl halides is 3. The number of halogens is 3. The number of aliphatic carboxylic acids is 1. The Hall–Kier alpha value is -2.83. The lowest BCUT2D eigenvalue weighted by Gasteiger charge is -2.08. The van der Waals surface area contributed by atoms with Crippen molar-refractivity contribution in [1.29, 1.82) is 0 Å². The minimum absolute atomic E-state index is 0.213. The lowest BCUT2D eigenvalue weighted by atomic mass is 10.1. The van der Waals surface area contributed by atoms with Crippen LogP contribution in [-0.2, 0) is 17.4 Å². The van der Waals surface area contributed by atoms with Crippen LogP contribution in [-0.4, -0.2) is 20.5 Å². The Kier molecular flexibility index (Phi) is 3.55. The van der Waals surface area contributed by atoms with Gasteiger partial charge < -0.3 is 9.51 Å². The summed E-state index contributed by atoms with van der Waals surface area (Å²) < 4.78 is 39.9. The zero-order valence-corrected chi connectivity index (χ0v) is 11.7. The van der Waals surface area contributed by atoms with Gasteiger partial charge in [0.2, 0.25) is 0 Å². The molecule has 0 bridgehead atoms. The van der Waals surface area contributed by atoms with Gasteiger partial charge in [-0.3, -0.25) is 4.79 Å². The van der Waals surface area contributed by atoms with E-state index in [9.17, 15) is 18.0 Å². The smallest absolute Gasteiger partial charge is 0.417 e. The van der Waals surface area contributed by atoms with E-state index in [4.69, 9.17) is 5.11 Å². The number of aromatic nitrogens is 2. The minimum atomic E-state index is -4.51. The monoisotopic (exact) mass is 320 g/mol. The Labute approximate surface area is 128 Å². The van der Waals surface area contributed by atoms with E-state index in [-0.39, 0.29) is 11.3 Å². The third-order valence-electron chi connectivity index (χ3n) is 3.41. The van der Waals surface area contributed by atoms with Gasteiger partial charge in [-0.05, 0) is 12.1 Å². The summed E-state index contributed by atoms with van der Waals surface area (Å²) in [5, 5.41) is 9.08. The maximum absolute atomic E-state index is 12.9. The summed E-state index contributed by atoms with van der Waals surface area (Å²) in [5.41, 5.74) is 0.653. The average molecular weight is 320 g/mol. The first-order valence-electron chi connectivity index (χ1n) is 6.71. The number of rotatable bonds is 3. The van der Waals surface area contributed by atoms with Crippen molar-refractivity contribution >= 4 is 11.6 Å². The number of fused-ring (bicyclic) bond motifs is 1. The Morgan fingerprint density at radius 3 is 2.43 bits per heavy atom. The third kappa shape index (κ3) is 2.90. The molecule has 7 heteroatoms. The van der Waals surface area contributed by atoms with Gasteiger partial charge in [-0.1, -0.05) is 30.3 Å². The van der Waals surface area contributed by atoms with E-state index in [1.807, 2.05) is 0 Å². The number of carbonyl (C=O) groups is 1. The molecule has 118 valence electrons. The molecule has 2 heterocycles. The van der Waals surface area contributed by atoms with Crippen LogP contribution in [0.2, 0.25) is 0 Å². The van der Waals surface area contributed by atoms with E-state index < -0.39 is 24.1 Å². The number of carboxylic acid groups (broad SMARTS) is 1. The molecule has 0 saturated heterocycles. The summed E-state index contributed by atoms with van der Waals surface area (Å²) in [6.07, 6.45) is -4.05. The molecule has 0 aliphatic carbocycles. The second kappa shape index (κ2) is 5.42. The molecule has 3 aromatic rings. The zero-order chi connectivity index (χ0) is 16.6. The Bertz CT molecular complexity index is 870. The van der Waals surface area contributed by atoms with Gasteiger partial charge in [0.05, 0.1) is 23.4 Å². The molecule has 0 fully saturated rings. The van der Waals surface area contributed by atoms with Gasteiger partial charge in [-0.15, -0.1) is 0 Å². The lowest BCUT2D eigenvalue weighted by molar-refractivity contribution is -0.138. The fraction of sp³-hybridized carbons (Fsp3) is 0.125. The van der Waals surface area contributed by atoms with E-state index in [2.05, 4.69) is 4.98 Å². The Morgan fingerprint density at radius 1 is 1.13 bits per heavy atom. The van der Waals surface area contributed by atoms with Crippen LogP contribution in [0, 0.1) is 0 Å². The Morgan fingerprint density at radius 2 is 1.83 bits per heavy atom. The molecule has 0 aliphatic heterocycles. The molecule has 0 unspecified atom stereocenters. The van der Waals surface area contributed by atoms with E-state index in [0.29, 0.717) is 11.3 Å². The number of carboxylic acids is 1. The van der Waals surface area contributed by atoms with Crippen LogP contribution in [0.3, 0.4) is 0 Å². The molecule has 0 radical (unpaired) electrons. The SMILES string of the molecule is O=C(O)Cc1c(-c2ccccc2)nc2ccc(C(F)(F)F)cn12. The summed E-state index contributed by atoms with van der Waals surface area (Å²) in [6.45, 7) is 0. The van der Waals surface area contributed by atoms with E-state index in [1.165, 1.54) is 10.5 Å². The highest BCUT2D eigenvalue weighted by molar-refractivity contribution is 5.76. The number of hydrogen-bond acceptors (Lipinski definition) is 2. The largest absolute Gasteiger partial charge is 0.481 e. The van der Waals surface area contributed by atoms with Gasteiger partial charge in [-0.25, -0.2) is 4.98 Å². The second-order valence-corrected chi connectivity index (χ2v) is 4.99. The second-order valence-electron chi connectivity index (χ2n) is 4.99. The number of imidazole rings is 1. The van der Waals surface area contributed by atoms with Gasteiger partial charge in [0.1, 0.15) is 5.65 Å². The van der Waals surface area contributed by atoms with Crippen LogP contribution in [0.25, 0.3) is 16.9 Å². The van der Waals surface area contributed by atoms with Gasteiger partial charge in [0.25, 0.3) is 0 Å². The fourth-order valence-corrected chi connectivity index (χ4v) is 2.40. The zero-order valence-electron chi connectivity index (χ0n) is 11.7. The van der Waals surface area contributed by atoms with Gasteiger partial charge in [-0.2, -0.15) is 13.2 Å². The first-order chi connectivity index (χ1) is 10.9. The van der Waals surface area contributed by atoms with Crippen LogP contribution in [0.1, 0.15) is 11.3 Å². The molecule has 0 amide bonds. The molecule has 0 atom stereocenters. The number of nitrogens with zero attached hydrogens (tertiary/aromatic N) is 2. The van der Waals surface area contributed by atoms with Crippen LogP contribution >= 0.6 is 0 Å². The van der Waals surface area contributed by atoms with Crippen LogP contribution in [0.4, 0.5) is 13.2 Å². The van der Waals surface area contributed by atoms with Gasteiger partial charge in [0, 0.05) is 11.8 Å². The molecular formula is C16H11F3N2O2. The van der Waals surface area contributed by atoms with Crippen molar-refractivity contribution in [3.8, 4) is 11.3 Å². The molecule has 2 aromatic heterocycles. The maximum Gasteiger partial charge on any atom is 0.417 e. The van der Waals surface area contributed by atoms with Crippen molar-refractivity contribution in [2.24, 2.45) is 0 Å². The molecule has 23 heavy (non-hydrogen) atoms. The summed E-state index contributed by atoms with van der Waals surface area (Å²) in [6, 6.07) is 10.9. The average Bonchev–Trinajstić information content (AvgIpc) is 2.85. The van der Waals surface area contributed by atoms with Crippen molar-refractivity contribution in [2.75, 3.05) is 0 Å². The minimum Gasteiger partial charge on any atom is -0.481 e. The molecule has 3 rings (SSSR count). The topological polar surface area (TPSA) is 54.6 Å². The van der Waals surface area contributed by atoms with Crippen LogP contribution in [0.15, 0.2) is 48.7 Å². The number of hydrogen-bond donors (Lipinski definition) is 1. The standard InChI is InChI=1S/C16H11F3N2O2/c17-16(18,19)11-6-7-13-20-15(10-4-2-1-3-5-10)12(8-14(22)23)21(13)9-11/h1-7,9H,8H2,(H,22,23). The summed E-state index contributed by atoms with van der Waals surface area (Å²) >= 11 is 0. The number of pyridine rings is 1. The Balaban J connectivity index is 2.26. The molecule has 0 saturated carbocycles. The summed E-state index contributed by atoms with van der Waals surface area (Å²) in [4.78, 5) is 15.4. The summed E-state index contributed by atoms with van der Waals surface area (Å²) in [5.74, 6) is -1.14. The van der Waals surface area contributed by atoms with Crippen molar-refractivity contribution < 1.29 is 23.1 Å². The fourth-order valence-electron chi connectivity index (χ4n) is 2.40. The highest BCUT2D eigenvalue weighted by Crippen LogP contribution is 2.31. The van der Waals surface area contributed by atoms with Crippen molar-refractivity contribution in [3.63, 3.8) is 0 Å². The quantitative estimate of drug-likeness (QED) is 0.801. The predicted octanol–water partition coefficient (Wildman–Crippen LogP) is 3.65. The molecule has 0 spiro atoms. The predicted molar refractivity (Wildman–Crippen MR) is 77.0 cm³/mol. The first-order valence-corrected chi connectivity index (χ1v) is 6.71. The highest BCUT2D eigenvalue weighted by atomic mass is 19.4. The van der Waals surface area contributed by atoms with Crippen LogP contribution < -0.4 is 0 Å². The molecule has 1 N–H and O–H groups in total. The maximum atomic E-state index is 12.9. The van der Waals surface area contributed by atoms with Crippen molar-refractivity contribution in [3.05, 3.63) is 59.9 Å². The van der Waals surface area contributed by atoms with E-state index in [0.717, 1.165) is 12.3 Å². The highest BCUT2D eigenvalue weighted by Gasteiger charge is 2.31. The molecule has 0 aliphatic rings. The van der Waals surface area contributed by atoms with E-state index >= 15 is 0 Å². The first kappa shape index (κ1) is 15.1. The molecular weight excluding hydrogens is 309 g/mol. The van der Waals surface area contributed by atoms with Crippen molar-refractivity contribution in [1.82, 2.24) is 9.38 Å². The normalized spacial score (nSPS) is 11.8.